The van der Waals surface area contributed by atoms with E-state index in [1.165, 1.54) is 5.56 Å². The molecule has 2 rings (SSSR count). The summed E-state index contributed by atoms with van der Waals surface area (Å²) in [5.41, 5.74) is 2.03. The number of rotatable bonds is 2. The lowest BCUT2D eigenvalue weighted by molar-refractivity contribution is 0.185. The van der Waals surface area contributed by atoms with Crippen LogP contribution in [0.15, 0.2) is 24.3 Å². The van der Waals surface area contributed by atoms with E-state index < -0.39 is 0 Å². The summed E-state index contributed by atoms with van der Waals surface area (Å²) in [5.74, 6) is 0. The maximum atomic E-state index is 8.75. The number of piperazine rings is 1. The number of nitrogens with one attached hydrogen (secondary N) is 1. The van der Waals surface area contributed by atoms with E-state index in [0.29, 0.717) is 6.04 Å². The Morgan fingerprint density at radius 3 is 2.22 bits per heavy atom. The third-order valence-corrected chi connectivity index (χ3v) is 3.22. The molecule has 0 aliphatic carbocycles. The van der Waals surface area contributed by atoms with Gasteiger partial charge in [0.25, 0.3) is 0 Å². The van der Waals surface area contributed by atoms with Crippen molar-refractivity contribution < 1.29 is 0 Å². The highest BCUT2D eigenvalue weighted by Gasteiger charge is 2.17. The van der Waals surface area contributed by atoms with Crippen LogP contribution in [-0.2, 0) is 0 Å². The van der Waals surface area contributed by atoms with Crippen LogP contribution in [0, 0.1) is 11.3 Å². The van der Waals surface area contributed by atoms with Crippen molar-refractivity contribution in [3.8, 4) is 6.07 Å². The largest absolute Gasteiger partial charge is 0.314 e. The standard InChI is InChI=1S/C13H17N3.2ClH/c1-11(16-8-6-15-7-9-16)13-4-2-12(10-14)3-5-13;;/h2-5,11,15H,6-9H2,1H3;2*1H/t11-;;/m1../s1. The van der Waals surface area contributed by atoms with Crippen molar-refractivity contribution in [2.75, 3.05) is 26.2 Å². The molecule has 0 bridgehead atoms. The van der Waals surface area contributed by atoms with Crippen molar-refractivity contribution in [3.63, 3.8) is 0 Å². The molecule has 1 aliphatic heterocycles. The Bertz CT molecular complexity index is 380. The van der Waals surface area contributed by atoms with Crippen molar-refractivity contribution >= 4 is 24.8 Å². The molecule has 0 aromatic heterocycles. The number of halogens is 2. The summed E-state index contributed by atoms with van der Waals surface area (Å²) in [6.45, 7) is 6.57. The highest BCUT2D eigenvalue weighted by Crippen LogP contribution is 2.20. The Morgan fingerprint density at radius 1 is 1.17 bits per heavy atom. The van der Waals surface area contributed by atoms with Gasteiger partial charge >= 0.3 is 0 Å². The van der Waals surface area contributed by atoms with Crippen LogP contribution in [0.4, 0.5) is 0 Å². The van der Waals surface area contributed by atoms with Crippen LogP contribution in [0.3, 0.4) is 0 Å². The number of hydrogen-bond donors (Lipinski definition) is 1. The minimum Gasteiger partial charge on any atom is -0.314 e. The monoisotopic (exact) mass is 287 g/mol. The summed E-state index contributed by atoms with van der Waals surface area (Å²) in [7, 11) is 0. The highest BCUT2D eigenvalue weighted by molar-refractivity contribution is 5.85. The Labute approximate surface area is 121 Å². The first-order valence-corrected chi connectivity index (χ1v) is 5.76. The van der Waals surface area contributed by atoms with Gasteiger partial charge in [-0.2, -0.15) is 5.26 Å². The van der Waals surface area contributed by atoms with Gasteiger partial charge in [0.15, 0.2) is 0 Å². The number of hydrogen-bond acceptors (Lipinski definition) is 3. The average molecular weight is 288 g/mol. The van der Waals surface area contributed by atoms with Gasteiger partial charge in [-0.15, -0.1) is 24.8 Å². The number of nitrogens with zero attached hydrogens (tertiary/aromatic N) is 2. The van der Waals surface area contributed by atoms with E-state index in [2.05, 4.69) is 35.3 Å². The fourth-order valence-corrected chi connectivity index (χ4v) is 2.12. The average Bonchev–Trinajstić information content (AvgIpc) is 2.39. The molecule has 1 aromatic carbocycles. The van der Waals surface area contributed by atoms with E-state index in [1.54, 1.807) is 0 Å². The van der Waals surface area contributed by atoms with E-state index in [-0.39, 0.29) is 24.8 Å². The lowest BCUT2D eigenvalue weighted by Crippen LogP contribution is -2.44. The molecule has 0 amide bonds. The molecule has 1 atom stereocenters. The topological polar surface area (TPSA) is 39.1 Å². The third kappa shape index (κ3) is 4.15. The van der Waals surface area contributed by atoms with E-state index in [0.717, 1.165) is 31.7 Å². The van der Waals surface area contributed by atoms with E-state index in [1.807, 2.05) is 12.1 Å². The second kappa shape index (κ2) is 8.34. The SMILES string of the molecule is C[C@H](c1ccc(C#N)cc1)N1CCNCC1.Cl.Cl. The smallest absolute Gasteiger partial charge is 0.0991 e. The molecule has 5 heteroatoms. The zero-order valence-electron chi connectivity index (χ0n) is 10.4. The quantitative estimate of drug-likeness (QED) is 0.908. The summed E-state index contributed by atoms with van der Waals surface area (Å²) >= 11 is 0. The predicted molar refractivity (Wildman–Crippen MR) is 78.5 cm³/mol. The lowest BCUT2D eigenvalue weighted by atomic mass is 10.0. The summed E-state index contributed by atoms with van der Waals surface area (Å²) < 4.78 is 0. The molecular weight excluding hydrogens is 269 g/mol. The Balaban J connectivity index is 0.00000144. The van der Waals surface area contributed by atoms with Crippen LogP contribution in [0.5, 0.6) is 0 Å². The molecule has 0 radical (unpaired) electrons. The van der Waals surface area contributed by atoms with Crippen molar-refractivity contribution in [2.45, 2.75) is 13.0 Å². The summed E-state index contributed by atoms with van der Waals surface area (Å²) in [4.78, 5) is 2.47. The summed E-state index contributed by atoms with van der Waals surface area (Å²) in [5, 5.41) is 12.1. The zero-order chi connectivity index (χ0) is 11.4. The minimum absolute atomic E-state index is 0. The molecule has 1 N–H and O–H groups in total. The number of nitriles is 1. The van der Waals surface area contributed by atoms with Crippen LogP contribution in [-0.4, -0.2) is 31.1 Å². The molecule has 1 saturated heterocycles. The molecule has 1 aromatic rings. The van der Waals surface area contributed by atoms with E-state index in [4.69, 9.17) is 5.26 Å². The zero-order valence-corrected chi connectivity index (χ0v) is 12.1. The Morgan fingerprint density at radius 2 is 1.72 bits per heavy atom. The molecular formula is C13H19Cl2N3. The van der Waals surface area contributed by atoms with E-state index in [9.17, 15) is 0 Å². The molecule has 0 saturated carbocycles. The van der Waals surface area contributed by atoms with Crippen LogP contribution in [0.2, 0.25) is 0 Å². The van der Waals surface area contributed by atoms with Crippen LogP contribution >= 0.6 is 24.8 Å². The molecule has 3 nitrogen and oxygen atoms in total. The fraction of sp³-hybridized carbons (Fsp3) is 0.462. The van der Waals surface area contributed by atoms with Crippen molar-refractivity contribution in [3.05, 3.63) is 35.4 Å². The van der Waals surface area contributed by atoms with Gasteiger partial charge < -0.3 is 5.32 Å². The van der Waals surface area contributed by atoms with Crippen molar-refractivity contribution in [2.24, 2.45) is 0 Å². The van der Waals surface area contributed by atoms with Crippen LogP contribution in [0.1, 0.15) is 24.1 Å². The molecule has 1 fully saturated rings. The minimum atomic E-state index is 0. The van der Waals surface area contributed by atoms with Gasteiger partial charge in [0.2, 0.25) is 0 Å². The van der Waals surface area contributed by atoms with Gasteiger partial charge in [0.1, 0.15) is 0 Å². The van der Waals surface area contributed by atoms with Gasteiger partial charge in [-0.05, 0) is 24.6 Å². The fourth-order valence-electron chi connectivity index (χ4n) is 2.12. The maximum absolute atomic E-state index is 8.75. The highest BCUT2D eigenvalue weighted by atomic mass is 35.5. The molecule has 1 heterocycles. The van der Waals surface area contributed by atoms with Crippen molar-refractivity contribution in [1.29, 1.82) is 5.26 Å². The molecule has 18 heavy (non-hydrogen) atoms. The Kier molecular flexibility index (Phi) is 7.97. The summed E-state index contributed by atoms with van der Waals surface area (Å²) in [6.07, 6.45) is 0. The predicted octanol–water partition coefficient (Wildman–Crippen LogP) is 2.37. The van der Waals surface area contributed by atoms with Gasteiger partial charge in [-0.25, -0.2) is 0 Å². The third-order valence-electron chi connectivity index (χ3n) is 3.22. The molecule has 1 aliphatic rings. The molecule has 0 spiro atoms. The van der Waals surface area contributed by atoms with Gasteiger partial charge in [0.05, 0.1) is 11.6 Å². The lowest BCUT2D eigenvalue weighted by Gasteiger charge is -2.33. The second-order valence-corrected chi connectivity index (χ2v) is 4.20. The van der Waals surface area contributed by atoms with Crippen molar-refractivity contribution in [1.82, 2.24) is 10.2 Å². The van der Waals surface area contributed by atoms with Gasteiger partial charge in [-0.1, -0.05) is 12.1 Å². The second-order valence-electron chi connectivity index (χ2n) is 4.20. The van der Waals surface area contributed by atoms with Gasteiger partial charge in [-0.3, -0.25) is 4.90 Å². The van der Waals surface area contributed by atoms with Crippen LogP contribution in [0.25, 0.3) is 0 Å². The van der Waals surface area contributed by atoms with Gasteiger partial charge in [0, 0.05) is 32.2 Å². The first-order chi connectivity index (χ1) is 7.81. The first kappa shape index (κ1) is 17.2. The number of benzene rings is 1. The Hall–Kier alpha value is -0.790. The molecule has 100 valence electrons. The maximum Gasteiger partial charge on any atom is 0.0991 e. The first-order valence-electron chi connectivity index (χ1n) is 5.76. The summed E-state index contributed by atoms with van der Waals surface area (Å²) in [6, 6.07) is 10.5. The van der Waals surface area contributed by atoms with E-state index >= 15 is 0 Å². The molecule has 0 unspecified atom stereocenters. The normalized spacial score (nSPS) is 16.9. The van der Waals surface area contributed by atoms with Crippen LogP contribution < -0.4 is 5.32 Å².